The van der Waals surface area contributed by atoms with E-state index in [1.54, 1.807) is 18.2 Å². The van der Waals surface area contributed by atoms with Gasteiger partial charge in [-0.25, -0.2) is 9.82 Å². The maximum absolute atomic E-state index is 13.3. The van der Waals surface area contributed by atoms with Crippen molar-refractivity contribution in [3.05, 3.63) is 65.0 Å². The van der Waals surface area contributed by atoms with Crippen LogP contribution in [0.25, 0.3) is 0 Å². The number of benzene rings is 2. The Morgan fingerprint density at radius 3 is 2.82 bits per heavy atom. The molecule has 1 N–H and O–H groups in total. The first-order chi connectivity index (χ1) is 10.6. The molecule has 0 heterocycles. The third-order valence-corrected chi connectivity index (χ3v) is 3.00. The molecule has 4 nitrogen and oxygen atoms in total. The van der Waals surface area contributed by atoms with Gasteiger partial charge in [0.05, 0.1) is 6.21 Å². The Morgan fingerprint density at radius 2 is 2.05 bits per heavy atom. The lowest BCUT2D eigenvalue weighted by Gasteiger charge is -2.08. The number of aryl methyl sites for hydroxylation is 2. The molecule has 0 aliphatic carbocycles. The zero-order valence-electron chi connectivity index (χ0n) is 12.5. The number of carbonyl (C=O) groups excluding carboxylic acids is 1. The summed E-state index contributed by atoms with van der Waals surface area (Å²) in [5, 5.41) is 3.71. The number of carbonyl (C=O) groups is 1. The summed E-state index contributed by atoms with van der Waals surface area (Å²) in [5.41, 5.74) is 4.61. The van der Waals surface area contributed by atoms with Crippen LogP contribution in [0.4, 0.5) is 4.39 Å². The van der Waals surface area contributed by atoms with E-state index in [1.165, 1.54) is 12.3 Å². The van der Waals surface area contributed by atoms with Gasteiger partial charge in [-0.2, -0.15) is 5.10 Å². The molecule has 2 aromatic carbocycles. The first-order valence-corrected chi connectivity index (χ1v) is 6.83. The molecule has 0 saturated heterocycles. The van der Waals surface area contributed by atoms with E-state index in [2.05, 4.69) is 10.5 Å². The van der Waals surface area contributed by atoms with Crippen molar-refractivity contribution in [1.82, 2.24) is 5.43 Å². The lowest BCUT2D eigenvalue weighted by molar-refractivity contribution is -0.123. The molecule has 5 heteroatoms. The van der Waals surface area contributed by atoms with E-state index in [0.29, 0.717) is 11.3 Å². The Balaban J connectivity index is 1.86. The van der Waals surface area contributed by atoms with E-state index in [9.17, 15) is 9.18 Å². The maximum Gasteiger partial charge on any atom is 0.277 e. The van der Waals surface area contributed by atoms with Crippen LogP contribution >= 0.6 is 0 Å². The molecular formula is C17H17FN2O2. The first kappa shape index (κ1) is 15.7. The van der Waals surface area contributed by atoms with Crippen LogP contribution < -0.4 is 10.2 Å². The Kier molecular flexibility index (Phi) is 5.25. The molecule has 0 radical (unpaired) electrons. The average Bonchev–Trinajstić information content (AvgIpc) is 2.50. The van der Waals surface area contributed by atoms with Crippen LogP contribution in [0.1, 0.15) is 16.7 Å². The predicted octanol–water partition coefficient (Wildman–Crippen LogP) is 2.97. The largest absolute Gasteiger partial charge is 0.483 e. The standard InChI is InChI=1S/C17H17FN2O2/c1-12-7-8-13(2)16(9-12)22-11-17(21)20-19-10-14-5-3-4-6-15(14)18/h3-10H,11H2,1-2H3,(H,20,21). The van der Waals surface area contributed by atoms with Crippen LogP contribution in [-0.2, 0) is 4.79 Å². The number of hydrogen-bond donors (Lipinski definition) is 1. The molecule has 0 saturated carbocycles. The summed E-state index contributed by atoms with van der Waals surface area (Å²) >= 11 is 0. The molecule has 0 fully saturated rings. The maximum atomic E-state index is 13.3. The SMILES string of the molecule is Cc1ccc(C)c(OCC(=O)NN=Cc2ccccc2F)c1. The topological polar surface area (TPSA) is 50.7 Å². The quantitative estimate of drug-likeness (QED) is 0.682. The Morgan fingerprint density at radius 1 is 1.27 bits per heavy atom. The molecular weight excluding hydrogens is 283 g/mol. The Hall–Kier alpha value is -2.69. The Labute approximate surface area is 128 Å². The predicted molar refractivity (Wildman–Crippen MR) is 83.5 cm³/mol. The highest BCUT2D eigenvalue weighted by atomic mass is 19.1. The summed E-state index contributed by atoms with van der Waals surface area (Å²) in [5.74, 6) is -0.145. The number of nitrogens with one attached hydrogen (secondary N) is 1. The van der Waals surface area contributed by atoms with Gasteiger partial charge in [0, 0.05) is 5.56 Å². The number of hydrogen-bond acceptors (Lipinski definition) is 3. The molecule has 0 atom stereocenters. The second-order valence-corrected chi connectivity index (χ2v) is 4.87. The molecule has 1 amide bonds. The molecule has 2 aromatic rings. The number of nitrogens with zero attached hydrogens (tertiary/aromatic N) is 1. The zero-order chi connectivity index (χ0) is 15.9. The highest BCUT2D eigenvalue weighted by Gasteiger charge is 2.04. The molecule has 0 spiro atoms. The fourth-order valence-electron chi connectivity index (χ4n) is 1.79. The van der Waals surface area contributed by atoms with Gasteiger partial charge >= 0.3 is 0 Å². The van der Waals surface area contributed by atoms with E-state index in [0.717, 1.165) is 11.1 Å². The van der Waals surface area contributed by atoms with E-state index in [1.807, 2.05) is 32.0 Å². The van der Waals surface area contributed by atoms with Gasteiger partial charge in [-0.1, -0.05) is 30.3 Å². The van der Waals surface area contributed by atoms with E-state index >= 15 is 0 Å². The minimum atomic E-state index is -0.409. The van der Waals surface area contributed by atoms with Crippen LogP contribution in [0.15, 0.2) is 47.6 Å². The number of rotatable bonds is 5. The molecule has 114 valence electrons. The van der Waals surface area contributed by atoms with Crippen molar-refractivity contribution < 1.29 is 13.9 Å². The van der Waals surface area contributed by atoms with Crippen LogP contribution in [0.5, 0.6) is 5.75 Å². The number of hydrazone groups is 1. The first-order valence-electron chi connectivity index (χ1n) is 6.83. The van der Waals surface area contributed by atoms with Crippen molar-refractivity contribution >= 4 is 12.1 Å². The minimum absolute atomic E-state index is 0.154. The van der Waals surface area contributed by atoms with Gasteiger partial charge in [0.25, 0.3) is 5.91 Å². The fraction of sp³-hybridized carbons (Fsp3) is 0.176. The van der Waals surface area contributed by atoms with Crippen LogP contribution in [0.3, 0.4) is 0 Å². The van der Waals surface area contributed by atoms with Gasteiger partial charge in [0.1, 0.15) is 11.6 Å². The van der Waals surface area contributed by atoms with Gasteiger partial charge < -0.3 is 4.74 Å². The van der Waals surface area contributed by atoms with Crippen LogP contribution in [0.2, 0.25) is 0 Å². The lowest BCUT2D eigenvalue weighted by Crippen LogP contribution is -2.24. The van der Waals surface area contributed by atoms with Crippen molar-refractivity contribution in [2.45, 2.75) is 13.8 Å². The van der Waals surface area contributed by atoms with Crippen molar-refractivity contribution in [1.29, 1.82) is 0 Å². The zero-order valence-corrected chi connectivity index (χ0v) is 12.5. The summed E-state index contributed by atoms with van der Waals surface area (Å²) < 4.78 is 18.8. The Bertz CT molecular complexity index is 699. The molecule has 0 aromatic heterocycles. The van der Waals surface area contributed by atoms with Gasteiger partial charge in [-0.3, -0.25) is 4.79 Å². The second kappa shape index (κ2) is 7.36. The fourth-order valence-corrected chi connectivity index (χ4v) is 1.79. The summed E-state index contributed by atoms with van der Waals surface area (Å²) in [6.07, 6.45) is 1.26. The van der Waals surface area contributed by atoms with Crippen molar-refractivity contribution in [2.75, 3.05) is 6.61 Å². The average molecular weight is 300 g/mol. The normalized spacial score (nSPS) is 10.7. The number of ether oxygens (including phenoxy) is 1. The van der Waals surface area contributed by atoms with Gasteiger partial charge in [-0.15, -0.1) is 0 Å². The van der Waals surface area contributed by atoms with E-state index in [4.69, 9.17) is 4.74 Å². The summed E-state index contributed by atoms with van der Waals surface area (Å²) in [4.78, 5) is 11.6. The second-order valence-electron chi connectivity index (χ2n) is 4.87. The highest BCUT2D eigenvalue weighted by molar-refractivity contribution is 5.83. The monoisotopic (exact) mass is 300 g/mol. The van der Waals surface area contributed by atoms with E-state index in [-0.39, 0.29) is 6.61 Å². The number of halogens is 1. The van der Waals surface area contributed by atoms with Crippen molar-refractivity contribution in [3.63, 3.8) is 0 Å². The van der Waals surface area contributed by atoms with Crippen molar-refractivity contribution in [2.24, 2.45) is 5.10 Å². The molecule has 0 aliphatic rings. The minimum Gasteiger partial charge on any atom is -0.483 e. The molecule has 22 heavy (non-hydrogen) atoms. The smallest absolute Gasteiger partial charge is 0.277 e. The molecule has 0 aliphatic heterocycles. The van der Waals surface area contributed by atoms with Gasteiger partial charge in [0.2, 0.25) is 0 Å². The highest BCUT2D eigenvalue weighted by Crippen LogP contribution is 2.18. The lowest BCUT2D eigenvalue weighted by atomic mass is 10.1. The van der Waals surface area contributed by atoms with E-state index < -0.39 is 11.7 Å². The third kappa shape index (κ3) is 4.41. The number of amides is 1. The van der Waals surface area contributed by atoms with Gasteiger partial charge in [-0.05, 0) is 37.1 Å². The van der Waals surface area contributed by atoms with Crippen LogP contribution in [-0.4, -0.2) is 18.7 Å². The van der Waals surface area contributed by atoms with Crippen LogP contribution in [0, 0.1) is 19.7 Å². The summed E-state index contributed by atoms with van der Waals surface area (Å²) in [7, 11) is 0. The summed E-state index contributed by atoms with van der Waals surface area (Å²) in [6.45, 7) is 3.70. The summed E-state index contributed by atoms with van der Waals surface area (Å²) in [6, 6.07) is 11.9. The molecule has 0 unspecified atom stereocenters. The third-order valence-electron chi connectivity index (χ3n) is 3.00. The molecule has 0 bridgehead atoms. The van der Waals surface area contributed by atoms with Gasteiger partial charge in [0.15, 0.2) is 6.61 Å². The molecule has 2 rings (SSSR count). The van der Waals surface area contributed by atoms with Crippen molar-refractivity contribution in [3.8, 4) is 5.75 Å².